The van der Waals surface area contributed by atoms with Gasteiger partial charge < -0.3 is 0 Å². The molecule has 3 heteroatoms. The van der Waals surface area contributed by atoms with Crippen molar-refractivity contribution in [2.75, 3.05) is 0 Å². The van der Waals surface area contributed by atoms with E-state index in [4.69, 9.17) is 22.2 Å². The summed E-state index contributed by atoms with van der Waals surface area (Å²) in [6.07, 6.45) is 0. The normalized spacial score (nSPS) is 27.7. The first kappa shape index (κ1) is 17.1. The van der Waals surface area contributed by atoms with Crippen LogP contribution in [0.15, 0.2) is 43.8 Å². The Morgan fingerprint density at radius 2 is 0.905 bits per heavy atom. The molecule has 0 aromatic heterocycles. The van der Waals surface area contributed by atoms with Gasteiger partial charge in [-0.2, -0.15) is 0 Å². The molecule has 0 saturated heterocycles. The number of rotatable bonds is 2. The van der Waals surface area contributed by atoms with E-state index in [-0.39, 0.29) is 0 Å². The van der Waals surface area contributed by atoms with Crippen molar-refractivity contribution >= 4 is 28.9 Å². The maximum Gasteiger partial charge on any atom is 0.304 e. The Bertz CT molecular complexity index is 576. The predicted molar refractivity (Wildman–Crippen MR) is 97.9 cm³/mol. The number of allylic oxidation sites excluding steroid dienone is 8. The highest BCUT2D eigenvalue weighted by Gasteiger charge is 2.48. The molecule has 0 aliphatic heterocycles. The monoisotopic (exact) mass is 340 g/mol. The molecule has 2 atom stereocenters. The topological polar surface area (TPSA) is 0 Å². The number of hydrogen-bond donors (Lipinski definition) is 0. The third kappa shape index (κ3) is 2.33. The minimum absolute atomic E-state index is 0.375. The molecule has 0 fully saturated rings. The summed E-state index contributed by atoms with van der Waals surface area (Å²) in [5, 5.41) is 2.62. The van der Waals surface area contributed by atoms with Crippen LogP contribution in [0.5, 0.6) is 0 Å². The summed E-state index contributed by atoms with van der Waals surface area (Å²) in [4.78, 5) is 0. The summed E-state index contributed by atoms with van der Waals surface area (Å²) in [5.74, 6) is 0.751. The Morgan fingerprint density at radius 1 is 0.619 bits per heavy atom. The maximum absolute atomic E-state index is 7.12. The lowest BCUT2D eigenvalue weighted by Gasteiger charge is -2.29. The van der Waals surface area contributed by atoms with Crippen LogP contribution in [0.25, 0.3) is 0 Å². The van der Waals surface area contributed by atoms with Crippen molar-refractivity contribution in [1.82, 2.24) is 0 Å². The molecular formula is C18H26Cl2Si. The highest BCUT2D eigenvalue weighted by molar-refractivity contribution is 7.51. The molecule has 2 aliphatic carbocycles. The van der Waals surface area contributed by atoms with E-state index in [1.807, 2.05) is 0 Å². The fourth-order valence-corrected chi connectivity index (χ4v) is 10.7. The zero-order valence-corrected chi connectivity index (χ0v) is 16.9. The second-order valence-electron chi connectivity index (χ2n) is 6.71. The molecule has 116 valence electrons. The smallest absolute Gasteiger partial charge is 0.134 e. The van der Waals surface area contributed by atoms with Crippen molar-refractivity contribution in [1.29, 1.82) is 0 Å². The van der Waals surface area contributed by atoms with Crippen molar-refractivity contribution in [2.24, 2.45) is 11.8 Å². The highest BCUT2D eigenvalue weighted by Crippen LogP contribution is 2.52. The van der Waals surface area contributed by atoms with E-state index in [1.165, 1.54) is 43.8 Å². The van der Waals surface area contributed by atoms with Crippen molar-refractivity contribution in [2.45, 2.75) is 55.4 Å². The van der Waals surface area contributed by atoms with Gasteiger partial charge in [0.05, 0.1) is 0 Å². The van der Waals surface area contributed by atoms with Gasteiger partial charge in [0.2, 0.25) is 0 Å². The lowest BCUT2D eigenvalue weighted by molar-refractivity contribution is 0.833. The first-order valence-corrected chi connectivity index (χ1v) is 11.7. The number of hydrogen-bond acceptors (Lipinski definition) is 0. The van der Waals surface area contributed by atoms with Gasteiger partial charge in [0, 0.05) is 0 Å². The third-order valence-electron chi connectivity index (χ3n) is 5.96. The molecular weight excluding hydrogens is 315 g/mol. The van der Waals surface area contributed by atoms with Crippen LogP contribution in [0.2, 0.25) is 0 Å². The van der Waals surface area contributed by atoms with Crippen LogP contribution in [-0.4, -0.2) is 6.69 Å². The summed E-state index contributed by atoms with van der Waals surface area (Å²) in [7, 11) is 0. The molecule has 0 nitrogen and oxygen atoms in total. The average Bonchev–Trinajstić information content (AvgIpc) is 2.72. The average molecular weight is 341 g/mol. The molecule has 21 heavy (non-hydrogen) atoms. The molecule has 0 amide bonds. The van der Waals surface area contributed by atoms with Crippen molar-refractivity contribution in [3.8, 4) is 0 Å². The molecule has 0 bridgehead atoms. The fourth-order valence-electron chi connectivity index (χ4n) is 3.89. The number of halogens is 2. The van der Waals surface area contributed by atoms with Crippen LogP contribution in [0.4, 0.5) is 0 Å². The van der Waals surface area contributed by atoms with Crippen LogP contribution < -0.4 is 0 Å². The minimum atomic E-state index is -2.64. The van der Waals surface area contributed by atoms with Gasteiger partial charge in [-0.15, -0.1) is 22.2 Å². The molecule has 0 N–H and O–H groups in total. The van der Waals surface area contributed by atoms with Crippen molar-refractivity contribution in [3.05, 3.63) is 43.8 Å². The van der Waals surface area contributed by atoms with E-state index < -0.39 is 6.69 Å². The summed E-state index contributed by atoms with van der Waals surface area (Å²) < 4.78 is 0. The van der Waals surface area contributed by atoms with Gasteiger partial charge in [-0.3, -0.25) is 0 Å². The molecule has 2 rings (SSSR count). The van der Waals surface area contributed by atoms with Crippen LogP contribution in [-0.2, 0) is 0 Å². The third-order valence-corrected chi connectivity index (χ3v) is 11.4. The van der Waals surface area contributed by atoms with Gasteiger partial charge >= 0.3 is 6.69 Å². The lowest BCUT2D eigenvalue weighted by Crippen LogP contribution is -2.33. The standard InChI is InChI=1S/C18H26Cl2Si/c1-9-10(2)14(6)17(13(9)5)21(19,20)18-15(7)11(3)12(4)16(18)8/h13,15H,1-8H3. The molecule has 2 aliphatic rings. The Labute approximate surface area is 140 Å². The highest BCUT2D eigenvalue weighted by atomic mass is 35.7. The van der Waals surface area contributed by atoms with Crippen LogP contribution >= 0.6 is 22.2 Å². The Balaban J connectivity index is 2.57. The van der Waals surface area contributed by atoms with Gasteiger partial charge in [0.25, 0.3) is 0 Å². The van der Waals surface area contributed by atoms with E-state index in [0.29, 0.717) is 11.8 Å². The Morgan fingerprint density at radius 3 is 1.10 bits per heavy atom. The Hall–Kier alpha value is -0.243. The van der Waals surface area contributed by atoms with Crippen molar-refractivity contribution < 1.29 is 0 Å². The zero-order valence-electron chi connectivity index (χ0n) is 14.4. The summed E-state index contributed by atoms with van der Waals surface area (Å²) in [6, 6.07) is 0. The van der Waals surface area contributed by atoms with Gasteiger partial charge in [-0.25, -0.2) is 0 Å². The molecule has 0 heterocycles. The molecule has 2 unspecified atom stereocenters. The molecule has 0 spiro atoms. The molecule has 0 radical (unpaired) electrons. The summed E-state index contributed by atoms with van der Waals surface area (Å²) >= 11 is 14.2. The van der Waals surface area contributed by atoms with E-state index in [0.717, 1.165) is 0 Å². The predicted octanol–water partition coefficient (Wildman–Crippen LogP) is 6.59. The van der Waals surface area contributed by atoms with E-state index >= 15 is 0 Å². The quantitative estimate of drug-likeness (QED) is 0.392. The fraction of sp³-hybridized carbons (Fsp3) is 0.556. The SMILES string of the molecule is CC1=C(C)C(C)C([Si](Cl)(Cl)C2=C(C)C(C)=C(C)C2C)=C1C. The van der Waals surface area contributed by atoms with E-state index in [2.05, 4.69) is 55.4 Å². The largest absolute Gasteiger partial charge is 0.304 e. The summed E-state index contributed by atoms with van der Waals surface area (Å²) in [6.45, 7) is 15.1. The van der Waals surface area contributed by atoms with Gasteiger partial charge in [0.1, 0.15) is 0 Å². The minimum Gasteiger partial charge on any atom is -0.134 e. The zero-order chi connectivity index (χ0) is 16.3. The van der Waals surface area contributed by atoms with Crippen molar-refractivity contribution in [3.63, 3.8) is 0 Å². The maximum atomic E-state index is 7.12. The summed E-state index contributed by atoms with van der Waals surface area (Å²) in [5.41, 5.74) is 8.25. The van der Waals surface area contributed by atoms with Crippen LogP contribution in [0, 0.1) is 11.8 Å². The second kappa shape index (κ2) is 5.44. The second-order valence-corrected chi connectivity index (χ2v) is 12.9. The first-order chi connectivity index (χ1) is 9.53. The Kier molecular flexibility index (Phi) is 4.43. The van der Waals surface area contributed by atoms with Gasteiger partial charge in [0.15, 0.2) is 0 Å². The van der Waals surface area contributed by atoms with Gasteiger partial charge in [-0.1, -0.05) is 25.0 Å². The van der Waals surface area contributed by atoms with E-state index in [1.54, 1.807) is 0 Å². The first-order valence-electron chi connectivity index (χ1n) is 7.69. The molecule has 0 aromatic rings. The molecule has 0 aromatic carbocycles. The van der Waals surface area contributed by atoms with Crippen LogP contribution in [0.1, 0.15) is 55.4 Å². The molecule has 0 saturated carbocycles. The van der Waals surface area contributed by atoms with Crippen LogP contribution in [0.3, 0.4) is 0 Å². The van der Waals surface area contributed by atoms with Gasteiger partial charge in [-0.05, 0) is 86.1 Å². The van der Waals surface area contributed by atoms with E-state index in [9.17, 15) is 0 Å². The lowest BCUT2D eigenvalue weighted by atomic mass is 10.0.